The van der Waals surface area contributed by atoms with Gasteiger partial charge >= 0.3 is 0 Å². The predicted octanol–water partition coefficient (Wildman–Crippen LogP) is 2.28. The van der Waals surface area contributed by atoms with Gasteiger partial charge in [0.05, 0.1) is 12.8 Å². The zero-order valence-electron chi connectivity index (χ0n) is 11.2. The average Bonchev–Trinajstić information content (AvgIpc) is 2.91. The smallest absolute Gasteiger partial charge is 0.265 e. The van der Waals surface area contributed by atoms with Crippen molar-refractivity contribution < 1.29 is 13.2 Å². The molecule has 20 heavy (non-hydrogen) atoms. The molecule has 0 amide bonds. The van der Waals surface area contributed by atoms with Crippen molar-refractivity contribution in [2.75, 3.05) is 18.9 Å². The Bertz CT molecular complexity index is 667. The first kappa shape index (κ1) is 14.8. The van der Waals surface area contributed by atoms with Crippen LogP contribution in [0.1, 0.15) is 5.56 Å². The van der Waals surface area contributed by atoms with E-state index in [1.807, 2.05) is 18.5 Å². The van der Waals surface area contributed by atoms with Gasteiger partial charge in [0, 0.05) is 11.9 Å². The zero-order chi connectivity index (χ0) is 14.6. The van der Waals surface area contributed by atoms with Crippen LogP contribution in [0.15, 0.2) is 39.9 Å². The van der Waals surface area contributed by atoms with Crippen LogP contribution in [-0.2, 0) is 16.6 Å². The molecule has 2 rings (SSSR count). The molecular formula is C13H16N2O3S2. The quantitative estimate of drug-likeness (QED) is 0.859. The van der Waals surface area contributed by atoms with Crippen LogP contribution in [0.3, 0.4) is 0 Å². The zero-order valence-corrected chi connectivity index (χ0v) is 12.8. The topological polar surface area (TPSA) is 67.4 Å². The Morgan fingerprint density at radius 1 is 1.30 bits per heavy atom. The molecule has 1 aromatic heterocycles. The third-order valence-electron chi connectivity index (χ3n) is 2.67. The lowest BCUT2D eigenvalue weighted by Crippen LogP contribution is -2.15. The van der Waals surface area contributed by atoms with E-state index in [1.54, 1.807) is 23.6 Å². The Morgan fingerprint density at radius 2 is 2.10 bits per heavy atom. The molecule has 0 aliphatic heterocycles. The summed E-state index contributed by atoms with van der Waals surface area (Å²) in [6.45, 7) is 0.588. The molecule has 2 N–H and O–H groups in total. The summed E-state index contributed by atoms with van der Waals surface area (Å²) in [5.74, 6) is 0.326. The van der Waals surface area contributed by atoms with E-state index in [-0.39, 0.29) is 4.90 Å². The Balaban J connectivity index is 2.40. The van der Waals surface area contributed by atoms with Gasteiger partial charge in [-0.05, 0) is 36.2 Å². The first-order valence-electron chi connectivity index (χ1n) is 5.93. The molecule has 0 bridgehead atoms. The standard InChI is InChI=1S/C13H16N2O3S2/c1-14-8-10-3-4-12(18-2)13(7-10)20(16,17)15-11-5-6-19-9-11/h3-7,9,14-15H,8H2,1-2H3. The van der Waals surface area contributed by atoms with Crippen LogP contribution >= 0.6 is 11.3 Å². The van der Waals surface area contributed by atoms with E-state index >= 15 is 0 Å². The summed E-state index contributed by atoms with van der Waals surface area (Å²) in [6.07, 6.45) is 0. The molecule has 108 valence electrons. The summed E-state index contributed by atoms with van der Waals surface area (Å²) in [7, 11) is -0.400. The van der Waals surface area contributed by atoms with E-state index in [1.165, 1.54) is 18.4 Å². The maximum atomic E-state index is 12.4. The molecule has 0 aliphatic carbocycles. The number of sulfonamides is 1. The molecule has 5 nitrogen and oxygen atoms in total. The number of methoxy groups -OCH3 is 1. The van der Waals surface area contributed by atoms with Crippen LogP contribution < -0.4 is 14.8 Å². The van der Waals surface area contributed by atoms with Crippen molar-refractivity contribution in [3.63, 3.8) is 0 Å². The summed E-state index contributed by atoms with van der Waals surface area (Å²) in [6, 6.07) is 6.82. The lowest BCUT2D eigenvalue weighted by molar-refractivity contribution is 0.402. The van der Waals surface area contributed by atoms with E-state index < -0.39 is 10.0 Å². The van der Waals surface area contributed by atoms with Gasteiger partial charge in [-0.3, -0.25) is 4.72 Å². The SMILES string of the molecule is CNCc1ccc(OC)c(S(=O)(=O)Nc2ccsc2)c1. The molecule has 1 heterocycles. The lowest BCUT2D eigenvalue weighted by atomic mass is 10.2. The molecule has 0 aliphatic rings. The lowest BCUT2D eigenvalue weighted by Gasteiger charge is -2.12. The Morgan fingerprint density at radius 3 is 2.70 bits per heavy atom. The van der Waals surface area contributed by atoms with Gasteiger partial charge in [-0.1, -0.05) is 6.07 Å². The second kappa shape index (κ2) is 6.25. The van der Waals surface area contributed by atoms with Crippen molar-refractivity contribution in [3.05, 3.63) is 40.6 Å². The van der Waals surface area contributed by atoms with Gasteiger partial charge < -0.3 is 10.1 Å². The maximum absolute atomic E-state index is 12.4. The van der Waals surface area contributed by atoms with Crippen molar-refractivity contribution in [2.24, 2.45) is 0 Å². The van der Waals surface area contributed by atoms with Crippen LogP contribution in [0.4, 0.5) is 5.69 Å². The minimum Gasteiger partial charge on any atom is -0.495 e. The highest BCUT2D eigenvalue weighted by atomic mass is 32.2. The van der Waals surface area contributed by atoms with Crippen molar-refractivity contribution in [1.29, 1.82) is 0 Å². The van der Waals surface area contributed by atoms with Crippen LogP contribution in [-0.4, -0.2) is 22.6 Å². The molecule has 0 saturated carbocycles. The van der Waals surface area contributed by atoms with Gasteiger partial charge in [0.15, 0.2) is 0 Å². The molecule has 1 aromatic carbocycles. The first-order chi connectivity index (χ1) is 9.56. The molecule has 7 heteroatoms. The van der Waals surface area contributed by atoms with Crippen molar-refractivity contribution >= 4 is 27.0 Å². The van der Waals surface area contributed by atoms with Gasteiger partial charge in [0.25, 0.3) is 10.0 Å². The first-order valence-corrected chi connectivity index (χ1v) is 8.36. The number of ether oxygens (including phenoxy) is 1. The van der Waals surface area contributed by atoms with Crippen molar-refractivity contribution in [2.45, 2.75) is 11.4 Å². The highest BCUT2D eigenvalue weighted by Crippen LogP contribution is 2.27. The fourth-order valence-corrected chi connectivity index (χ4v) is 3.71. The Labute approximate surface area is 122 Å². The monoisotopic (exact) mass is 312 g/mol. The van der Waals surface area contributed by atoms with Gasteiger partial charge in [-0.25, -0.2) is 8.42 Å². The molecule has 0 saturated heterocycles. The Kier molecular flexibility index (Phi) is 4.64. The fraction of sp³-hybridized carbons (Fsp3) is 0.231. The summed E-state index contributed by atoms with van der Waals surface area (Å²) in [5.41, 5.74) is 1.43. The molecule has 0 fully saturated rings. The molecule has 0 radical (unpaired) electrons. The van der Waals surface area contributed by atoms with Crippen LogP contribution in [0.25, 0.3) is 0 Å². The maximum Gasteiger partial charge on any atom is 0.265 e. The average molecular weight is 312 g/mol. The third kappa shape index (κ3) is 3.30. The van der Waals surface area contributed by atoms with Gasteiger partial charge in [-0.15, -0.1) is 0 Å². The number of hydrogen-bond donors (Lipinski definition) is 2. The molecule has 2 aromatic rings. The third-order valence-corrected chi connectivity index (χ3v) is 4.76. The number of thiophene rings is 1. The summed E-state index contributed by atoms with van der Waals surface area (Å²) in [5, 5.41) is 6.54. The van der Waals surface area contributed by atoms with Crippen LogP contribution in [0.2, 0.25) is 0 Å². The van der Waals surface area contributed by atoms with Crippen LogP contribution in [0, 0.1) is 0 Å². The normalized spacial score (nSPS) is 11.3. The summed E-state index contributed by atoms with van der Waals surface area (Å²) in [4.78, 5) is 0.138. The molecule has 0 unspecified atom stereocenters. The van der Waals surface area contributed by atoms with Gasteiger partial charge in [0.1, 0.15) is 10.6 Å². The van der Waals surface area contributed by atoms with Crippen molar-refractivity contribution in [1.82, 2.24) is 5.32 Å². The van der Waals surface area contributed by atoms with E-state index in [0.717, 1.165) is 5.56 Å². The highest BCUT2D eigenvalue weighted by molar-refractivity contribution is 7.92. The van der Waals surface area contributed by atoms with E-state index in [9.17, 15) is 8.42 Å². The number of hydrogen-bond acceptors (Lipinski definition) is 5. The predicted molar refractivity (Wildman–Crippen MR) is 80.9 cm³/mol. The second-order valence-corrected chi connectivity index (χ2v) is 6.56. The van der Waals surface area contributed by atoms with Gasteiger partial charge in [0.2, 0.25) is 0 Å². The van der Waals surface area contributed by atoms with Gasteiger partial charge in [-0.2, -0.15) is 11.3 Å². The van der Waals surface area contributed by atoms with E-state index in [0.29, 0.717) is 18.0 Å². The minimum absolute atomic E-state index is 0.138. The molecule has 0 atom stereocenters. The second-order valence-electron chi connectivity index (χ2n) is 4.13. The largest absolute Gasteiger partial charge is 0.495 e. The number of benzene rings is 1. The minimum atomic E-state index is -3.66. The van der Waals surface area contributed by atoms with E-state index in [2.05, 4.69) is 10.0 Å². The van der Waals surface area contributed by atoms with Crippen LogP contribution in [0.5, 0.6) is 5.75 Å². The van der Waals surface area contributed by atoms with E-state index in [4.69, 9.17) is 4.74 Å². The van der Waals surface area contributed by atoms with Crippen molar-refractivity contribution in [3.8, 4) is 5.75 Å². The Hall–Kier alpha value is -1.57. The molecule has 0 spiro atoms. The molecular weight excluding hydrogens is 296 g/mol. The highest BCUT2D eigenvalue weighted by Gasteiger charge is 2.20. The summed E-state index contributed by atoms with van der Waals surface area (Å²) >= 11 is 1.43. The number of nitrogens with one attached hydrogen (secondary N) is 2. The fourth-order valence-electron chi connectivity index (χ4n) is 1.78. The number of rotatable bonds is 6. The number of anilines is 1. The summed E-state index contributed by atoms with van der Waals surface area (Å²) < 4.78 is 32.5.